The number of amides is 1. The molecule has 0 saturated carbocycles. The van der Waals surface area contributed by atoms with E-state index in [1.807, 2.05) is 12.1 Å². The fourth-order valence-electron chi connectivity index (χ4n) is 5.19. The van der Waals surface area contributed by atoms with Crippen LogP contribution >= 0.6 is 0 Å². The number of hydrogen-bond donors (Lipinski definition) is 4. The predicted octanol–water partition coefficient (Wildman–Crippen LogP) is 6.43. The molecule has 0 aliphatic heterocycles. The average molecular weight is 572 g/mol. The second kappa shape index (κ2) is 16.6. The Kier molecular flexibility index (Phi) is 12.3. The van der Waals surface area contributed by atoms with Crippen LogP contribution in [0.4, 0.5) is 0 Å². The van der Waals surface area contributed by atoms with Crippen molar-refractivity contribution in [1.82, 2.24) is 15.6 Å². The monoisotopic (exact) mass is 571 g/mol. The van der Waals surface area contributed by atoms with Gasteiger partial charge in [0.15, 0.2) is 0 Å². The Morgan fingerprint density at radius 1 is 0.929 bits per heavy atom. The summed E-state index contributed by atoms with van der Waals surface area (Å²) in [5.41, 5.74) is 3.57. The van der Waals surface area contributed by atoms with Crippen molar-refractivity contribution in [2.75, 3.05) is 26.8 Å². The van der Waals surface area contributed by atoms with Crippen LogP contribution < -0.4 is 20.1 Å². The molecule has 7 nitrogen and oxygen atoms in total. The predicted molar refractivity (Wildman–Crippen MR) is 171 cm³/mol. The van der Waals surface area contributed by atoms with Gasteiger partial charge in [-0.15, -0.1) is 6.58 Å². The lowest BCUT2D eigenvalue weighted by atomic mass is 10.0. The number of aromatic amines is 1. The average Bonchev–Trinajstić information content (AvgIpc) is 3.40. The second-order valence-corrected chi connectivity index (χ2v) is 10.7. The summed E-state index contributed by atoms with van der Waals surface area (Å²) >= 11 is 0. The van der Waals surface area contributed by atoms with Gasteiger partial charge in [0.2, 0.25) is 5.91 Å². The fraction of sp³-hybridized carbons (Fsp3) is 0.400. The molecule has 0 radical (unpaired) electrons. The number of rotatable bonds is 19. The molecule has 1 atom stereocenters. The lowest BCUT2D eigenvalue weighted by Crippen LogP contribution is -2.24. The van der Waals surface area contributed by atoms with Gasteiger partial charge in [-0.2, -0.15) is 0 Å². The largest absolute Gasteiger partial charge is 0.494 e. The third kappa shape index (κ3) is 9.36. The van der Waals surface area contributed by atoms with E-state index in [4.69, 9.17) is 9.47 Å². The molecule has 0 spiro atoms. The molecule has 1 aromatic heterocycles. The number of unbranched alkanes of at least 4 members (excludes halogenated alkanes) is 3. The first-order valence-corrected chi connectivity index (χ1v) is 15.2. The molecule has 0 aliphatic rings. The van der Waals surface area contributed by atoms with E-state index in [9.17, 15) is 9.90 Å². The maximum Gasteiger partial charge on any atom is 0.223 e. The zero-order valence-corrected chi connectivity index (χ0v) is 24.8. The Bertz CT molecular complexity index is 1430. The molecule has 1 heterocycles. The minimum Gasteiger partial charge on any atom is -0.494 e. The van der Waals surface area contributed by atoms with Crippen molar-refractivity contribution in [2.24, 2.45) is 0 Å². The number of H-pyrrole nitrogens is 1. The van der Waals surface area contributed by atoms with Crippen molar-refractivity contribution in [3.63, 3.8) is 0 Å². The molecular weight excluding hydrogens is 526 g/mol. The molecule has 42 heavy (non-hydrogen) atoms. The number of carbonyl (C=O) groups is 1. The van der Waals surface area contributed by atoms with Crippen LogP contribution in [0.5, 0.6) is 11.5 Å². The van der Waals surface area contributed by atoms with Crippen LogP contribution in [0.1, 0.15) is 56.1 Å². The van der Waals surface area contributed by atoms with Gasteiger partial charge in [0.1, 0.15) is 17.7 Å². The highest BCUT2D eigenvalue weighted by molar-refractivity contribution is 5.87. The summed E-state index contributed by atoms with van der Waals surface area (Å²) in [4.78, 5) is 15.1. The molecule has 4 aromatic rings. The van der Waals surface area contributed by atoms with Crippen molar-refractivity contribution >= 4 is 27.6 Å². The molecule has 3 aromatic carbocycles. The molecule has 224 valence electrons. The molecular formula is C35H45N3O4. The number of benzene rings is 3. The summed E-state index contributed by atoms with van der Waals surface area (Å²) in [5, 5.41) is 19.1. The van der Waals surface area contributed by atoms with Gasteiger partial charge in [0.05, 0.1) is 13.2 Å². The first-order chi connectivity index (χ1) is 20.6. The smallest absolute Gasteiger partial charge is 0.223 e. The van der Waals surface area contributed by atoms with E-state index in [0.29, 0.717) is 26.2 Å². The van der Waals surface area contributed by atoms with Crippen molar-refractivity contribution in [3.05, 3.63) is 84.6 Å². The first kappa shape index (κ1) is 31.1. The highest BCUT2D eigenvalue weighted by atomic mass is 16.5. The summed E-state index contributed by atoms with van der Waals surface area (Å²) < 4.78 is 12.1. The number of aromatic nitrogens is 1. The minimum absolute atomic E-state index is 0.00205. The van der Waals surface area contributed by atoms with Crippen LogP contribution in [-0.4, -0.2) is 49.0 Å². The summed E-state index contributed by atoms with van der Waals surface area (Å²) in [5.74, 6) is 1.78. The van der Waals surface area contributed by atoms with Gasteiger partial charge < -0.3 is 24.9 Å². The maximum absolute atomic E-state index is 11.7. The number of aryl methyl sites for hydroxylation is 1. The van der Waals surface area contributed by atoms with Gasteiger partial charge in [-0.3, -0.25) is 10.1 Å². The molecule has 0 fully saturated rings. The summed E-state index contributed by atoms with van der Waals surface area (Å²) in [7, 11) is 1.77. The van der Waals surface area contributed by atoms with Gasteiger partial charge in [0, 0.05) is 30.1 Å². The minimum atomic E-state index is -0.451. The number of aliphatic hydroxyl groups excluding tert-OH is 1. The van der Waals surface area contributed by atoms with Crippen molar-refractivity contribution in [1.29, 1.82) is 0 Å². The molecule has 1 unspecified atom stereocenters. The van der Waals surface area contributed by atoms with E-state index < -0.39 is 6.23 Å². The number of ether oxygens (including phenoxy) is 2. The number of nitrogens with one attached hydrogen (secondary N) is 3. The molecule has 0 bridgehead atoms. The Morgan fingerprint density at radius 3 is 2.40 bits per heavy atom. The molecule has 0 saturated heterocycles. The van der Waals surface area contributed by atoms with Crippen LogP contribution in [-0.2, 0) is 17.6 Å². The first-order valence-electron chi connectivity index (χ1n) is 15.2. The van der Waals surface area contributed by atoms with E-state index in [1.54, 1.807) is 13.1 Å². The number of fused-ring (bicyclic) bond motifs is 2. The van der Waals surface area contributed by atoms with Gasteiger partial charge in [-0.1, -0.05) is 30.3 Å². The highest BCUT2D eigenvalue weighted by Crippen LogP contribution is 2.26. The lowest BCUT2D eigenvalue weighted by molar-refractivity contribution is -0.120. The number of carbonyl (C=O) groups excluding carboxylic acids is 1. The number of hydrogen-bond acceptors (Lipinski definition) is 5. The van der Waals surface area contributed by atoms with Gasteiger partial charge in [-0.05, 0) is 111 Å². The Balaban J connectivity index is 1.15. The third-order valence-corrected chi connectivity index (χ3v) is 7.56. The van der Waals surface area contributed by atoms with Crippen molar-refractivity contribution in [2.45, 2.75) is 64.0 Å². The standard InChI is InChI=1S/C35H45N3O4/c1-3-10-35(40)37-20-19-27-12-8-11-26-15-16-29(23-31(26)27)41-21-6-4-5-7-22-42-30-17-18-33-32(24-30)28(25-38-33)13-9-14-34(39)36-2/h3,8,11-12,15-18,23-25,34,36,38-39H,1,4-7,9-10,13-14,19-22H2,2H3,(H,37,40). The summed E-state index contributed by atoms with van der Waals surface area (Å²) in [6, 6.07) is 18.7. The van der Waals surface area contributed by atoms with E-state index in [1.165, 1.54) is 27.3 Å². The molecule has 7 heteroatoms. The fourth-order valence-corrected chi connectivity index (χ4v) is 5.19. The van der Waals surface area contributed by atoms with Crippen molar-refractivity contribution in [3.8, 4) is 11.5 Å². The van der Waals surface area contributed by atoms with Crippen molar-refractivity contribution < 1.29 is 19.4 Å². The Labute approximate surface area is 249 Å². The van der Waals surface area contributed by atoms with Crippen LogP contribution in [0.25, 0.3) is 21.7 Å². The SMILES string of the molecule is C=CCC(=O)NCCc1cccc2ccc(OCCCCCCOc3ccc4[nH]cc(CCCC(O)NC)c4c3)cc12. The van der Waals surface area contributed by atoms with E-state index in [0.717, 1.165) is 68.4 Å². The molecule has 4 rings (SSSR count). The zero-order valence-electron chi connectivity index (χ0n) is 24.8. The molecule has 0 aliphatic carbocycles. The lowest BCUT2D eigenvalue weighted by Gasteiger charge is -2.11. The third-order valence-electron chi connectivity index (χ3n) is 7.56. The van der Waals surface area contributed by atoms with Crippen LogP contribution in [0.2, 0.25) is 0 Å². The maximum atomic E-state index is 11.7. The van der Waals surface area contributed by atoms with Crippen LogP contribution in [0.3, 0.4) is 0 Å². The normalized spacial score (nSPS) is 12.0. The van der Waals surface area contributed by atoms with Crippen LogP contribution in [0.15, 0.2) is 73.4 Å². The van der Waals surface area contributed by atoms with Gasteiger partial charge in [-0.25, -0.2) is 0 Å². The number of aliphatic hydroxyl groups is 1. The van der Waals surface area contributed by atoms with E-state index in [-0.39, 0.29) is 5.91 Å². The topological polar surface area (TPSA) is 95.6 Å². The summed E-state index contributed by atoms with van der Waals surface area (Å²) in [6.07, 6.45) is 11.1. The van der Waals surface area contributed by atoms with Gasteiger partial charge >= 0.3 is 0 Å². The Hall–Kier alpha value is -3.81. The van der Waals surface area contributed by atoms with E-state index >= 15 is 0 Å². The van der Waals surface area contributed by atoms with Gasteiger partial charge in [0.25, 0.3) is 0 Å². The second-order valence-electron chi connectivity index (χ2n) is 10.7. The Morgan fingerprint density at radius 2 is 1.67 bits per heavy atom. The van der Waals surface area contributed by atoms with Crippen LogP contribution in [0, 0.1) is 0 Å². The highest BCUT2D eigenvalue weighted by Gasteiger charge is 2.08. The molecule has 1 amide bonds. The summed E-state index contributed by atoms with van der Waals surface area (Å²) in [6.45, 7) is 5.60. The quantitative estimate of drug-likeness (QED) is 0.0591. The van der Waals surface area contributed by atoms with E-state index in [2.05, 4.69) is 70.9 Å². The zero-order chi connectivity index (χ0) is 29.6. The molecule has 4 N–H and O–H groups in total.